The molecule has 170 valence electrons. The van der Waals surface area contributed by atoms with E-state index >= 15 is 0 Å². The number of rotatable bonds is 5. The molecule has 4 rings (SSSR count). The molecule has 1 aliphatic carbocycles. The molecule has 0 spiro atoms. The first-order valence-corrected chi connectivity index (χ1v) is 11.0. The van der Waals surface area contributed by atoms with E-state index in [1.54, 1.807) is 30.3 Å². The van der Waals surface area contributed by atoms with Gasteiger partial charge in [0.25, 0.3) is 11.8 Å². The van der Waals surface area contributed by atoms with Crippen LogP contribution in [-0.2, 0) is 6.42 Å². The van der Waals surface area contributed by atoms with Crippen molar-refractivity contribution in [1.82, 2.24) is 5.43 Å². The summed E-state index contributed by atoms with van der Waals surface area (Å²) in [6, 6.07) is 12.3. The number of aryl methyl sites for hydroxylation is 2. The van der Waals surface area contributed by atoms with Crippen LogP contribution in [0.15, 0.2) is 52.0 Å². The highest BCUT2D eigenvalue weighted by atomic mass is 35.5. The van der Waals surface area contributed by atoms with Crippen LogP contribution in [0.2, 0.25) is 5.02 Å². The Kier molecular flexibility index (Phi) is 6.51. The van der Waals surface area contributed by atoms with Crippen LogP contribution in [0.3, 0.4) is 0 Å². The number of methoxy groups -OCH3 is 1. The minimum absolute atomic E-state index is 0.196. The van der Waals surface area contributed by atoms with Crippen molar-refractivity contribution in [2.45, 2.75) is 33.1 Å². The summed E-state index contributed by atoms with van der Waals surface area (Å²) in [7, 11) is 1.52. The number of nitrogens with one attached hydrogen (secondary N) is 2. The van der Waals surface area contributed by atoms with Gasteiger partial charge in [-0.3, -0.25) is 9.59 Å². The fourth-order valence-electron chi connectivity index (χ4n) is 3.92. The number of carbonyl (C=O) groups is 2. The van der Waals surface area contributed by atoms with Gasteiger partial charge < -0.3 is 14.5 Å². The van der Waals surface area contributed by atoms with Crippen LogP contribution in [0, 0.1) is 13.8 Å². The average Bonchev–Trinajstić information content (AvgIpc) is 3.15. The van der Waals surface area contributed by atoms with Crippen LogP contribution in [-0.4, -0.2) is 24.6 Å². The number of nitrogens with zero attached hydrogens (tertiary/aromatic N) is 1. The van der Waals surface area contributed by atoms with Crippen LogP contribution >= 0.6 is 11.6 Å². The second kappa shape index (κ2) is 9.50. The zero-order valence-electron chi connectivity index (χ0n) is 18.6. The molecule has 0 saturated carbocycles. The molecule has 7 nitrogen and oxygen atoms in total. The second-order valence-corrected chi connectivity index (χ2v) is 8.31. The number of carbonyl (C=O) groups excluding carboxylic acids is 2. The largest absolute Gasteiger partial charge is 0.495 e. The zero-order valence-corrected chi connectivity index (χ0v) is 19.4. The number of hydrazone groups is 1. The van der Waals surface area contributed by atoms with Gasteiger partial charge in [-0.05, 0) is 57.0 Å². The van der Waals surface area contributed by atoms with E-state index in [4.69, 9.17) is 20.8 Å². The molecule has 1 aliphatic rings. The van der Waals surface area contributed by atoms with Crippen molar-refractivity contribution >= 4 is 34.8 Å². The minimum Gasteiger partial charge on any atom is -0.495 e. The number of anilines is 1. The molecular formula is C25H24ClN3O4. The summed E-state index contributed by atoms with van der Waals surface area (Å²) in [5.41, 5.74) is 6.75. The maximum absolute atomic E-state index is 13.0. The van der Waals surface area contributed by atoms with Gasteiger partial charge >= 0.3 is 0 Å². The van der Waals surface area contributed by atoms with Gasteiger partial charge in [0.15, 0.2) is 5.76 Å². The first-order valence-electron chi connectivity index (χ1n) is 10.6. The van der Waals surface area contributed by atoms with E-state index in [-0.39, 0.29) is 11.7 Å². The Morgan fingerprint density at radius 1 is 1.09 bits per heavy atom. The molecule has 33 heavy (non-hydrogen) atoms. The molecule has 0 atom stereocenters. The molecule has 8 heteroatoms. The summed E-state index contributed by atoms with van der Waals surface area (Å²) < 4.78 is 11.2. The van der Waals surface area contributed by atoms with E-state index in [0.717, 1.165) is 17.5 Å². The quantitative estimate of drug-likeness (QED) is 0.501. The lowest BCUT2D eigenvalue weighted by molar-refractivity contribution is 0.0953. The highest BCUT2D eigenvalue weighted by Gasteiger charge is 2.28. The second-order valence-electron chi connectivity index (χ2n) is 7.88. The van der Waals surface area contributed by atoms with Gasteiger partial charge in [0, 0.05) is 28.1 Å². The van der Waals surface area contributed by atoms with Crippen molar-refractivity contribution < 1.29 is 18.7 Å². The maximum Gasteiger partial charge on any atom is 0.291 e. The maximum atomic E-state index is 13.0. The number of hydrogen-bond acceptors (Lipinski definition) is 5. The lowest BCUT2D eigenvalue weighted by atomic mass is 9.93. The number of fused-ring (bicyclic) bond motifs is 1. The molecule has 2 N–H and O–H groups in total. The van der Waals surface area contributed by atoms with Crippen molar-refractivity contribution in [2.75, 3.05) is 12.4 Å². The van der Waals surface area contributed by atoms with Crippen molar-refractivity contribution in [3.05, 3.63) is 81.3 Å². The van der Waals surface area contributed by atoms with E-state index in [2.05, 4.69) is 15.8 Å². The summed E-state index contributed by atoms with van der Waals surface area (Å²) in [4.78, 5) is 25.5. The molecule has 0 unspecified atom stereocenters. The van der Waals surface area contributed by atoms with Crippen molar-refractivity contribution in [1.29, 1.82) is 0 Å². The van der Waals surface area contributed by atoms with E-state index in [0.29, 0.717) is 51.9 Å². The number of amides is 2. The van der Waals surface area contributed by atoms with E-state index in [9.17, 15) is 9.59 Å². The third kappa shape index (κ3) is 4.78. The van der Waals surface area contributed by atoms with Crippen LogP contribution in [0.5, 0.6) is 5.75 Å². The standard InChI is InChI=1S/C25H24ClN3O4/c1-14-6-4-7-16(12-14)24(30)29-28-18-8-5-9-21-22(18)15(2)23(33-21)25(31)27-19-13-17(26)10-11-20(19)32-3/h4,6-7,10-13H,5,8-9H2,1-3H3,(H,27,31)(H,29,30)/b28-18+. The predicted octanol–water partition coefficient (Wildman–Crippen LogP) is 5.28. The number of furan rings is 1. The van der Waals surface area contributed by atoms with Gasteiger partial charge in [0.05, 0.1) is 18.5 Å². The van der Waals surface area contributed by atoms with E-state index in [1.807, 2.05) is 26.0 Å². The third-order valence-corrected chi connectivity index (χ3v) is 5.75. The molecule has 0 bridgehead atoms. The number of benzene rings is 2. The summed E-state index contributed by atoms with van der Waals surface area (Å²) in [5, 5.41) is 7.66. The Balaban J connectivity index is 1.59. The van der Waals surface area contributed by atoms with Gasteiger partial charge in [-0.15, -0.1) is 0 Å². The minimum atomic E-state index is -0.411. The van der Waals surface area contributed by atoms with Crippen LogP contribution in [0.25, 0.3) is 0 Å². The fourth-order valence-corrected chi connectivity index (χ4v) is 4.09. The van der Waals surface area contributed by atoms with Gasteiger partial charge in [-0.2, -0.15) is 5.10 Å². The summed E-state index contributed by atoms with van der Waals surface area (Å²) in [6.45, 7) is 3.74. The Morgan fingerprint density at radius 3 is 2.67 bits per heavy atom. The Bertz CT molecular complexity index is 1260. The lowest BCUT2D eigenvalue weighted by Gasteiger charge is -2.13. The zero-order chi connectivity index (χ0) is 23.5. The lowest BCUT2D eigenvalue weighted by Crippen LogP contribution is -2.22. The van der Waals surface area contributed by atoms with Gasteiger partial charge in [0.1, 0.15) is 11.5 Å². The molecule has 0 fully saturated rings. The Labute approximate surface area is 196 Å². The molecule has 0 aliphatic heterocycles. The Morgan fingerprint density at radius 2 is 1.91 bits per heavy atom. The number of hydrogen-bond donors (Lipinski definition) is 2. The number of ether oxygens (including phenoxy) is 1. The van der Waals surface area contributed by atoms with E-state index < -0.39 is 5.91 Å². The smallest absolute Gasteiger partial charge is 0.291 e. The third-order valence-electron chi connectivity index (χ3n) is 5.51. The normalized spacial score (nSPS) is 14.0. The highest BCUT2D eigenvalue weighted by molar-refractivity contribution is 6.31. The fraction of sp³-hybridized carbons (Fsp3) is 0.240. The van der Waals surface area contributed by atoms with Gasteiger partial charge in [-0.25, -0.2) is 5.43 Å². The first kappa shape index (κ1) is 22.6. The van der Waals surface area contributed by atoms with Crippen LogP contribution in [0.4, 0.5) is 5.69 Å². The molecular weight excluding hydrogens is 442 g/mol. The summed E-state index contributed by atoms with van der Waals surface area (Å²) >= 11 is 6.07. The summed E-state index contributed by atoms with van der Waals surface area (Å²) in [5.74, 6) is 0.672. The molecule has 2 aromatic carbocycles. The van der Waals surface area contributed by atoms with E-state index in [1.165, 1.54) is 7.11 Å². The highest BCUT2D eigenvalue weighted by Crippen LogP contribution is 2.32. The Hall–Kier alpha value is -3.58. The molecule has 0 radical (unpaired) electrons. The molecule has 1 heterocycles. The van der Waals surface area contributed by atoms with Crippen LogP contribution in [0.1, 0.15) is 56.2 Å². The molecule has 2 amide bonds. The van der Waals surface area contributed by atoms with Crippen molar-refractivity contribution in [2.24, 2.45) is 5.10 Å². The van der Waals surface area contributed by atoms with Gasteiger partial charge in [-0.1, -0.05) is 29.3 Å². The molecule has 1 aromatic heterocycles. The van der Waals surface area contributed by atoms with Crippen molar-refractivity contribution in [3.8, 4) is 5.75 Å². The molecule has 3 aromatic rings. The van der Waals surface area contributed by atoms with Gasteiger partial charge in [0.2, 0.25) is 0 Å². The first-order chi connectivity index (χ1) is 15.9. The van der Waals surface area contributed by atoms with Crippen molar-refractivity contribution in [3.63, 3.8) is 0 Å². The predicted molar refractivity (Wildman–Crippen MR) is 128 cm³/mol. The average molecular weight is 466 g/mol. The molecule has 0 saturated heterocycles. The topological polar surface area (TPSA) is 92.9 Å². The number of halogens is 1. The SMILES string of the molecule is COc1ccc(Cl)cc1NC(=O)c1oc2c(c1C)/C(=N/NC(=O)c1cccc(C)c1)CCC2. The van der Waals surface area contributed by atoms with Crippen LogP contribution < -0.4 is 15.5 Å². The summed E-state index contributed by atoms with van der Waals surface area (Å²) in [6.07, 6.45) is 2.17. The monoisotopic (exact) mass is 465 g/mol.